The van der Waals surface area contributed by atoms with Gasteiger partial charge in [0.25, 0.3) is 0 Å². The van der Waals surface area contributed by atoms with Gasteiger partial charge in [0.15, 0.2) is 10.6 Å². The van der Waals surface area contributed by atoms with Crippen LogP contribution < -0.4 is 0 Å². The van der Waals surface area contributed by atoms with Crippen LogP contribution in [0.15, 0.2) is 28.6 Å². The molecule has 5 heteroatoms. The second kappa shape index (κ2) is 4.94. The first-order valence-electron chi connectivity index (χ1n) is 4.60. The molecular formula is C10H11NO2S2. The van der Waals surface area contributed by atoms with Crippen LogP contribution in [0.5, 0.6) is 0 Å². The van der Waals surface area contributed by atoms with Gasteiger partial charge in [-0.3, -0.25) is 0 Å². The zero-order chi connectivity index (χ0) is 10.7. The summed E-state index contributed by atoms with van der Waals surface area (Å²) in [6.45, 7) is 0. The van der Waals surface area contributed by atoms with E-state index >= 15 is 0 Å². The standard InChI is InChI=1S/C10H11NO2S2/c12-9(13)5-6-14-10-11-7-3-1-2-4-8(7)15-10/h1-4,9,12-13H,5-6H2. The molecule has 0 radical (unpaired) electrons. The summed E-state index contributed by atoms with van der Waals surface area (Å²) >= 11 is 3.20. The number of aliphatic hydroxyl groups excluding tert-OH is 1. The van der Waals surface area contributed by atoms with Crippen LogP contribution in [-0.2, 0) is 0 Å². The third-order valence-corrected chi connectivity index (χ3v) is 4.09. The van der Waals surface area contributed by atoms with Crippen molar-refractivity contribution >= 4 is 33.3 Å². The van der Waals surface area contributed by atoms with Crippen LogP contribution in [0.3, 0.4) is 0 Å². The van der Waals surface area contributed by atoms with E-state index in [9.17, 15) is 0 Å². The number of aliphatic hydroxyl groups is 2. The summed E-state index contributed by atoms with van der Waals surface area (Å²) in [4.78, 5) is 4.43. The van der Waals surface area contributed by atoms with Crippen LogP contribution in [0.1, 0.15) is 6.42 Å². The van der Waals surface area contributed by atoms with Crippen molar-refractivity contribution in [2.75, 3.05) is 5.75 Å². The molecule has 0 saturated carbocycles. The first-order valence-corrected chi connectivity index (χ1v) is 6.40. The molecule has 0 aliphatic carbocycles. The highest BCUT2D eigenvalue weighted by molar-refractivity contribution is 8.01. The molecule has 15 heavy (non-hydrogen) atoms. The van der Waals surface area contributed by atoms with Gasteiger partial charge in [0.2, 0.25) is 0 Å². The van der Waals surface area contributed by atoms with Gasteiger partial charge in [0.1, 0.15) is 0 Å². The lowest BCUT2D eigenvalue weighted by Gasteiger charge is -1.99. The van der Waals surface area contributed by atoms with Crippen molar-refractivity contribution in [3.05, 3.63) is 24.3 Å². The zero-order valence-electron chi connectivity index (χ0n) is 7.96. The lowest BCUT2D eigenvalue weighted by atomic mass is 10.3. The van der Waals surface area contributed by atoms with Gasteiger partial charge >= 0.3 is 0 Å². The van der Waals surface area contributed by atoms with Crippen molar-refractivity contribution in [2.45, 2.75) is 17.1 Å². The maximum atomic E-state index is 8.70. The number of fused-ring (bicyclic) bond motifs is 1. The maximum absolute atomic E-state index is 8.70. The molecule has 3 nitrogen and oxygen atoms in total. The molecule has 2 aromatic rings. The Labute approximate surface area is 95.8 Å². The highest BCUT2D eigenvalue weighted by Crippen LogP contribution is 2.29. The highest BCUT2D eigenvalue weighted by Gasteiger charge is 2.04. The molecular weight excluding hydrogens is 230 g/mol. The molecule has 0 unspecified atom stereocenters. The number of nitrogens with zero attached hydrogens (tertiary/aromatic N) is 1. The van der Waals surface area contributed by atoms with Crippen LogP contribution in [0.2, 0.25) is 0 Å². The molecule has 2 N–H and O–H groups in total. The minimum Gasteiger partial charge on any atom is -0.368 e. The van der Waals surface area contributed by atoms with Crippen molar-refractivity contribution in [3.63, 3.8) is 0 Å². The van der Waals surface area contributed by atoms with Gasteiger partial charge in [-0.1, -0.05) is 23.9 Å². The molecule has 0 aliphatic rings. The number of hydrogen-bond donors (Lipinski definition) is 2. The van der Waals surface area contributed by atoms with E-state index < -0.39 is 6.29 Å². The molecule has 1 aromatic carbocycles. The molecule has 2 rings (SSSR count). The number of thioether (sulfide) groups is 1. The summed E-state index contributed by atoms with van der Waals surface area (Å²) < 4.78 is 2.15. The van der Waals surface area contributed by atoms with Crippen molar-refractivity contribution in [1.29, 1.82) is 0 Å². The fraction of sp³-hybridized carbons (Fsp3) is 0.300. The normalized spacial score (nSPS) is 11.4. The predicted molar refractivity (Wildman–Crippen MR) is 63.2 cm³/mol. The van der Waals surface area contributed by atoms with Gasteiger partial charge in [-0.25, -0.2) is 4.98 Å². The smallest absolute Gasteiger partial charge is 0.152 e. The Morgan fingerprint density at radius 3 is 2.87 bits per heavy atom. The van der Waals surface area contributed by atoms with Crippen LogP contribution in [0.25, 0.3) is 10.2 Å². The summed E-state index contributed by atoms with van der Waals surface area (Å²) in [7, 11) is 0. The molecule has 0 spiro atoms. The van der Waals surface area contributed by atoms with E-state index in [1.54, 1.807) is 23.1 Å². The van der Waals surface area contributed by atoms with Crippen molar-refractivity contribution in [1.82, 2.24) is 4.98 Å². The van der Waals surface area contributed by atoms with Gasteiger partial charge in [-0.15, -0.1) is 11.3 Å². The topological polar surface area (TPSA) is 53.4 Å². The molecule has 0 aliphatic heterocycles. The summed E-state index contributed by atoms with van der Waals surface area (Å²) in [6.07, 6.45) is -0.840. The Morgan fingerprint density at radius 2 is 2.13 bits per heavy atom. The fourth-order valence-electron chi connectivity index (χ4n) is 1.16. The molecule has 0 atom stereocenters. The van der Waals surface area contributed by atoms with Gasteiger partial charge in [-0.05, 0) is 12.1 Å². The van der Waals surface area contributed by atoms with E-state index in [-0.39, 0.29) is 0 Å². The number of para-hydroxylation sites is 1. The molecule has 0 saturated heterocycles. The van der Waals surface area contributed by atoms with E-state index in [4.69, 9.17) is 10.2 Å². The first-order chi connectivity index (χ1) is 7.25. The third-order valence-electron chi connectivity index (χ3n) is 1.88. The average Bonchev–Trinajstić information content (AvgIpc) is 2.59. The van der Waals surface area contributed by atoms with Crippen LogP contribution in [-0.4, -0.2) is 27.2 Å². The highest BCUT2D eigenvalue weighted by atomic mass is 32.2. The molecule has 80 valence electrons. The minimum absolute atomic E-state index is 0.376. The Bertz CT molecular complexity index is 409. The Hall–Kier alpha value is -0.620. The fourth-order valence-corrected chi connectivity index (χ4v) is 3.28. The first kappa shape index (κ1) is 10.9. The van der Waals surface area contributed by atoms with Gasteiger partial charge in [0, 0.05) is 12.2 Å². The lowest BCUT2D eigenvalue weighted by Crippen LogP contribution is -2.04. The Morgan fingerprint density at radius 1 is 1.33 bits per heavy atom. The second-order valence-corrected chi connectivity index (χ2v) is 5.44. The number of hydrogen-bond acceptors (Lipinski definition) is 5. The van der Waals surface area contributed by atoms with Gasteiger partial charge < -0.3 is 10.2 Å². The lowest BCUT2D eigenvalue weighted by molar-refractivity contribution is -0.0404. The Kier molecular flexibility index (Phi) is 3.58. The number of thiazole rings is 1. The Balaban J connectivity index is 2.03. The van der Waals surface area contributed by atoms with Crippen LogP contribution >= 0.6 is 23.1 Å². The van der Waals surface area contributed by atoms with E-state index in [2.05, 4.69) is 4.98 Å². The van der Waals surface area contributed by atoms with E-state index in [1.165, 1.54) is 4.70 Å². The zero-order valence-corrected chi connectivity index (χ0v) is 9.59. The largest absolute Gasteiger partial charge is 0.368 e. The minimum atomic E-state index is -1.22. The monoisotopic (exact) mass is 241 g/mol. The predicted octanol–water partition coefficient (Wildman–Crippen LogP) is 2.09. The quantitative estimate of drug-likeness (QED) is 0.635. The molecule has 0 amide bonds. The van der Waals surface area contributed by atoms with Crippen molar-refractivity contribution in [3.8, 4) is 0 Å². The molecule has 0 bridgehead atoms. The molecule has 1 heterocycles. The van der Waals surface area contributed by atoms with Crippen LogP contribution in [0.4, 0.5) is 0 Å². The average molecular weight is 241 g/mol. The van der Waals surface area contributed by atoms with E-state index in [0.29, 0.717) is 12.2 Å². The second-order valence-electron chi connectivity index (χ2n) is 3.07. The summed E-state index contributed by atoms with van der Waals surface area (Å²) in [5, 5.41) is 17.4. The number of aromatic nitrogens is 1. The third kappa shape index (κ3) is 2.92. The summed E-state index contributed by atoms with van der Waals surface area (Å²) in [5.74, 6) is 0.678. The van der Waals surface area contributed by atoms with Gasteiger partial charge in [0.05, 0.1) is 10.2 Å². The van der Waals surface area contributed by atoms with E-state index in [0.717, 1.165) is 9.86 Å². The number of rotatable bonds is 4. The number of benzene rings is 1. The van der Waals surface area contributed by atoms with Gasteiger partial charge in [-0.2, -0.15) is 0 Å². The molecule has 0 fully saturated rings. The summed E-state index contributed by atoms with van der Waals surface area (Å²) in [6, 6.07) is 7.98. The van der Waals surface area contributed by atoms with Crippen molar-refractivity contribution < 1.29 is 10.2 Å². The van der Waals surface area contributed by atoms with E-state index in [1.807, 2.05) is 24.3 Å². The molecule has 1 aromatic heterocycles. The SMILES string of the molecule is OC(O)CCSc1nc2ccccc2s1. The van der Waals surface area contributed by atoms with Crippen LogP contribution in [0, 0.1) is 0 Å². The summed E-state index contributed by atoms with van der Waals surface area (Å²) in [5.41, 5.74) is 1.01. The maximum Gasteiger partial charge on any atom is 0.152 e. The van der Waals surface area contributed by atoms with Crippen molar-refractivity contribution in [2.24, 2.45) is 0 Å².